The van der Waals surface area contributed by atoms with Gasteiger partial charge in [0.1, 0.15) is 47.5 Å². The predicted molar refractivity (Wildman–Crippen MR) is 111 cm³/mol. The van der Waals surface area contributed by atoms with Crippen molar-refractivity contribution < 1.29 is 137 Å². The summed E-state index contributed by atoms with van der Waals surface area (Å²) in [5.41, 5.74) is 3.84. The predicted octanol–water partition coefficient (Wildman–Crippen LogP) is -7.72. The van der Waals surface area contributed by atoms with Crippen LogP contribution in [0.1, 0.15) is 0 Å². The number of rotatable bonds is 6. The molecule has 0 bridgehead atoms. The van der Waals surface area contributed by atoms with Crippen LogP contribution in [0.25, 0.3) is 10.8 Å². The number of nitrogens with zero attached hydrogens (tertiary/aromatic N) is 2. The maximum absolute atomic E-state index is 11.8. The summed E-state index contributed by atoms with van der Waals surface area (Å²) in [7, 11) is -15.0. The van der Waals surface area contributed by atoms with Gasteiger partial charge in [0.2, 0.25) is 0 Å². The van der Waals surface area contributed by atoms with Gasteiger partial charge in [-0.3, -0.25) is 0 Å². The third-order valence-corrected chi connectivity index (χ3v) is 6.96. The van der Waals surface area contributed by atoms with Gasteiger partial charge >= 0.3 is 88.7 Å². The molecular weight excluding hydrogens is 587 g/mol. The first-order valence-electron chi connectivity index (χ1n) is 8.60. The number of hydrogen-bond acceptors (Lipinski definition) is 14. The Kier molecular flexibility index (Phi) is 13.2. The van der Waals surface area contributed by atoms with Gasteiger partial charge in [-0.05, 0) is 35.7 Å². The van der Waals surface area contributed by atoms with Crippen LogP contribution in [0.3, 0.4) is 0 Å². The van der Waals surface area contributed by atoms with E-state index in [0.29, 0.717) is 12.1 Å². The molecule has 0 aliphatic carbocycles. The van der Waals surface area contributed by atoms with Crippen molar-refractivity contribution in [3.63, 3.8) is 0 Å². The molecule has 3 aromatic rings. The molecule has 0 saturated carbocycles. The molecule has 0 atom stereocenters. The van der Waals surface area contributed by atoms with Crippen LogP contribution in [0.15, 0.2) is 61.3 Å². The second kappa shape index (κ2) is 13.3. The Bertz CT molecular complexity index is 1700. The van der Waals surface area contributed by atoms with E-state index in [4.69, 9.17) is 5.73 Å². The van der Waals surface area contributed by atoms with Gasteiger partial charge in [-0.1, -0.05) is 0 Å². The van der Waals surface area contributed by atoms with Crippen molar-refractivity contribution >= 4 is 58.2 Å². The Hall–Kier alpha value is -0.350. The number of anilines is 1. The third-order valence-electron chi connectivity index (χ3n) is 4.39. The SMILES string of the molecule is COc1cc(S(=O)(=O)[O-])c(N=Nc2c(S(=O)(=O)[O-])cc3cc(N)ccc3c2O)cc1S(=O)(=O)[O-].[Na+].[Na+].[Na+]. The molecule has 0 spiro atoms. The number of phenolic OH excluding ortho intramolecular Hbond substituents is 1. The quantitative estimate of drug-likeness (QED) is 0.116. The largest absolute Gasteiger partial charge is 1.00 e. The molecule has 0 fully saturated rings. The second-order valence-electron chi connectivity index (χ2n) is 6.59. The fraction of sp³-hybridized carbons (Fsp3) is 0.0588. The number of ether oxygens (including phenoxy) is 1. The summed E-state index contributed by atoms with van der Waals surface area (Å²) in [5, 5.41) is 17.3. The zero-order valence-electron chi connectivity index (χ0n) is 19.7. The Morgan fingerprint density at radius 2 is 1.32 bits per heavy atom. The number of phenols is 1. The molecule has 37 heavy (non-hydrogen) atoms. The minimum atomic E-state index is -5.36. The monoisotopic (exact) mass is 599 g/mol. The Morgan fingerprint density at radius 3 is 1.81 bits per heavy atom. The Balaban J connectivity index is 0.00000432. The summed E-state index contributed by atoms with van der Waals surface area (Å²) in [5.74, 6) is -1.65. The average molecular weight is 599 g/mol. The fourth-order valence-corrected chi connectivity index (χ4v) is 4.82. The topological polar surface area (TPSA) is 252 Å². The second-order valence-corrected chi connectivity index (χ2v) is 10.6. The minimum Gasteiger partial charge on any atom is -0.744 e. The summed E-state index contributed by atoms with van der Waals surface area (Å²) in [6, 6.07) is 5.46. The van der Waals surface area contributed by atoms with Crippen LogP contribution in [0.4, 0.5) is 17.1 Å². The van der Waals surface area contributed by atoms with Crippen molar-refractivity contribution in [2.24, 2.45) is 10.2 Å². The van der Waals surface area contributed by atoms with Crippen molar-refractivity contribution in [3.05, 3.63) is 36.4 Å². The van der Waals surface area contributed by atoms with E-state index in [0.717, 1.165) is 13.2 Å². The van der Waals surface area contributed by atoms with Crippen LogP contribution in [0.5, 0.6) is 11.5 Å². The molecular formula is C17H12N3Na3O11S3. The molecule has 0 amide bonds. The van der Waals surface area contributed by atoms with Crippen LogP contribution in [-0.4, -0.2) is 51.1 Å². The first-order chi connectivity index (χ1) is 15.5. The molecule has 0 aliphatic rings. The van der Waals surface area contributed by atoms with Crippen molar-refractivity contribution in [2.45, 2.75) is 14.7 Å². The standard InChI is InChI=1S/C17H15N3O11S3.3Na/c1-31-12-7-13(32(22,23)24)11(6-14(12)33(25,26)27)19-20-16-15(34(28,29)30)5-8-4-9(18)2-3-10(8)17(16)21;;;/h2-7,21H,18H2,1H3,(H,22,23,24)(H,25,26,27)(H,28,29,30);;;/q;3*+1/p-3. The number of methoxy groups -OCH3 is 1. The summed E-state index contributed by atoms with van der Waals surface area (Å²) in [4.78, 5) is -3.37. The van der Waals surface area contributed by atoms with E-state index in [-0.39, 0.29) is 105 Å². The fourth-order valence-electron chi connectivity index (χ4n) is 2.93. The molecule has 0 unspecified atom stereocenters. The van der Waals surface area contributed by atoms with Gasteiger partial charge in [-0.15, -0.1) is 10.2 Å². The number of fused-ring (bicyclic) bond motifs is 1. The molecule has 0 aliphatic heterocycles. The van der Waals surface area contributed by atoms with E-state index in [9.17, 15) is 44.0 Å². The zero-order chi connectivity index (χ0) is 25.6. The van der Waals surface area contributed by atoms with E-state index in [2.05, 4.69) is 15.0 Å². The minimum absolute atomic E-state index is 0. The number of aromatic hydroxyl groups is 1. The number of azo groups is 1. The van der Waals surface area contributed by atoms with Crippen molar-refractivity contribution in [3.8, 4) is 11.5 Å². The number of hydrogen-bond donors (Lipinski definition) is 2. The van der Waals surface area contributed by atoms with Gasteiger partial charge in [0, 0.05) is 17.1 Å². The third kappa shape index (κ3) is 8.32. The van der Waals surface area contributed by atoms with Crippen LogP contribution >= 0.6 is 0 Å². The van der Waals surface area contributed by atoms with Gasteiger partial charge in [0.05, 0.1) is 21.8 Å². The summed E-state index contributed by atoms with van der Waals surface area (Å²) >= 11 is 0. The van der Waals surface area contributed by atoms with Gasteiger partial charge < -0.3 is 29.2 Å². The average Bonchev–Trinajstić information content (AvgIpc) is 2.70. The molecule has 0 saturated heterocycles. The van der Waals surface area contributed by atoms with Crippen LogP contribution in [0, 0.1) is 0 Å². The summed E-state index contributed by atoms with van der Waals surface area (Å²) in [6.45, 7) is 0. The maximum Gasteiger partial charge on any atom is 1.00 e. The number of benzene rings is 3. The van der Waals surface area contributed by atoms with Crippen LogP contribution in [-0.2, 0) is 30.4 Å². The molecule has 0 radical (unpaired) electrons. The van der Waals surface area contributed by atoms with E-state index < -0.39 is 67.9 Å². The molecule has 3 rings (SSSR count). The normalized spacial score (nSPS) is 11.9. The van der Waals surface area contributed by atoms with E-state index in [1.807, 2.05) is 0 Å². The van der Waals surface area contributed by atoms with Gasteiger partial charge in [-0.25, -0.2) is 25.3 Å². The Labute approximate surface area is 277 Å². The van der Waals surface area contributed by atoms with Gasteiger partial charge in [0.15, 0.2) is 5.75 Å². The number of nitrogen functional groups attached to an aromatic ring is 1. The molecule has 182 valence electrons. The molecule has 0 heterocycles. The van der Waals surface area contributed by atoms with Gasteiger partial charge in [0.25, 0.3) is 0 Å². The molecule has 0 aromatic heterocycles. The maximum atomic E-state index is 11.8. The van der Waals surface area contributed by atoms with Crippen molar-refractivity contribution in [2.75, 3.05) is 12.8 Å². The summed E-state index contributed by atoms with van der Waals surface area (Å²) < 4.78 is 109. The van der Waals surface area contributed by atoms with Crippen molar-refractivity contribution in [1.29, 1.82) is 0 Å². The molecule has 3 aromatic carbocycles. The van der Waals surface area contributed by atoms with E-state index >= 15 is 0 Å². The van der Waals surface area contributed by atoms with E-state index in [1.54, 1.807) is 0 Å². The van der Waals surface area contributed by atoms with E-state index in [1.165, 1.54) is 18.2 Å². The molecule has 14 nitrogen and oxygen atoms in total. The smallest absolute Gasteiger partial charge is 0.744 e. The Morgan fingerprint density at radius 1 is 0.784 bits per heavy atom. The summed E-state index contributed by atoms with van der Waals surface area (Å²) in [6.07, 6.45) is 0. The van der Waals surface area contributed by atoms with Gasteiger partial charge in [-0.2, -0.15) is 0 Å². The molecule has 3 N–H and O–H groups in total. The van der Waals surface area contributed by atoms with Crippen LogP contribution in [0.2, 0.25) is 0 Å². The number of nitrogens with two attached hydrogens (primary N) is 1. The van der Waals surface area contributed by atoms with Crippen LogP contribution < -0.4 is 99.1 Å². The first-order valence-corrected chi connectivity index (χ1v) is 12.8. The molecule has 20 heteroatoms. The first kappa shape index (κ1) is 36.6. The van der Waals surface area contributed by atoms with Crippen molar-refractivity contribution in [1.82, 2.24) is 0 Å². The zero-order valence-corrected chi connectivity index (χ0v) is 28.1.